The number of hydrogen-bond donors (Lipinski definition) is 0. The van der Waals surface area contributed by atoms with Crippen LogP contribution >= 0.6 is 0 Å². The SMILES string of the molecule is COc1cc(C(C)(c2cc(C)c(C)c(C)c2)c2cc(C)c(C)c(C)c2)ccc1C.COc1cc(C(C)(c2ccc(C)cc2)c2ccc(C)c(OC)c2)ccc1C.Cc1ccc(C(C)(c2ccccc2)c2ccc(C)cc2)cc1. The third kappa shape index (κ3) is 11.9. The molecule has 9 aromatic carbocycles. The third-order valence-corrected chi connectivity index (χ3v) is 17.2. The normalized spacial score (nSPS) is 11.5. The van der Waals surface area contributed by atoms with Crippen LogP contribution in [0.4, 0.5) is 0 Å². The number of benzene rings is 9. The predicted octanol–water partition coefficient (Wildman–Crippen LogP) is 18.8. The van der Waals surface area contributed by atoms with Crippen molar-refractivity contribution in [3.05, 3.63) is 299 Å². The van der Waals surface area contributed by atoms with Crippen LogP contribution in [0.1, 0.15) is 138 Å². The lowest BCUT2D eigenvalue weighted by Crippen LogP contribution is -2.26. The fraction of sp³-hybridized carbons (Fsp3) is 0.280. The molecule has 3 nitrogen and oxygen atoms in total. The van der Waals surface area contributed by atoms with Crippen molar-refractivity contribution in [3.63, 3.8) is 0 Å². The van der Waals surface area contributed by atoms with E-state index in [9.17, 15) is 0 Å². The average molecular weight is 1030 g/mol. The Kier molecular flexibility index (Phi) is 18.1. The minimum Gasteiger partial charge on any atom is -0.496 e. The van der Waals surface area contributed by atoms with E-state index in [0.717, 1.165) is 33.9 Å². The van der Waals surface area contributed by atoms with Crippen LogP contribution in [0.5, 0.6) is 17.2 Å². The summed E-state index contributed by atoms with van der Waals surface area (Å²) in [5, 5.41) is 0. The molecule has 0 heterocycles. The van der Waals surface area contributed by atoms with Gasteiger partial charge in [0.05, 0.1) is 21.3 Å². The van der Waals surface area contributed by atoms with E-state index in [0.29, 0.717) is 0 Å². The largest absolute Gasteiger partial charge is 0.496 e. The first-order valence-corrected chi connectivity index (χ1v) is 27.5. The fourth-order valence-corrected chi connectivity index (χ4v) is 11.0. The number of aryl methyl sites for hydroxylation is 10. The topological polar surface area (TPSA) is 27.7 Å². The lowest BCUT2D eigenvalue weighted by molar-refractivity contribution is 0.409. The second-order valence-corrected chi connectivity index (χ2v) is 22.4. The van der Waals surface area contributed by atoms with E-state index in [1.54, 1.807) is 21.3 Å². The Balaban J connectivity index is 0.000000171. The zero-order chi connectivity index (χ0) is 56.7. The van der Waals surface area contributed by atoms with E-state index >= 15 is 0 Å². The van der Waals surface area contributed by atoms with Crippen molar-refractivity contribution >= 4 is 0 Å². The molecule has 0 saturated heterocycles. The van der Waals surface area contributed by atoms with E-state index in [1.807, 2.05) is 0 Å². The maximum Gasteiger partial charge on any atom is 0.122 e. The first kappa shape index (κ1) is 58.1. The Hall–Kier alpha value is -7.62. The van der Waals surface area contributed by atoms with Gasteiger partial charge in [0.2, 0.25) is 0 Å². The molecule has 0 unspecified atom stereocenters. The summed E-state index contributed by atoms with van der Waals surface area (Å²) in [5.41, 5.74) is 26.1. The van der Waals surface area contributed by atoms with Gasteiger partial charge in [-0.3, -0.25) is 0 Å². The Morgan fingerprint density at radius 2 is 0.462 bits per heavy atom. The van der Waals surface area contributed by atoms with Gasteiger partial charge >= 0.3 is 0 Å². The molecular weight excluding hydrogens is 949 g/mol. The molecule has 0 amide bonds. The van der Waals surface area contributed by atoms with Gasteiger partial charge in [-0.25, -0.2) is 0 Å². The molecule has 0 atom stereocenters. The summed E-state index contributed by atoms with van der Waals surface area (Å²) in [5.74, 6) is 2.75. The molecule has 9 aromatic rings. The van der Waals surface area contributed by atoms with Gasteiger partial charge in [0.15, 0.2) is 0 Å². The van der Waals surface area contributed by atoms with Crippen molar-refractivity contribution in [3.8, 4) is 17.2 Å². The summed E-state index contributed by atoms with van der Waals surface area (Å²) in [6.45, 7) is 32.8. The van der Waals surface area contributed by atoms with Gasteiger partial charge < -0.3 is 14.2 Å². The van der Waals surface area contributed by atoms with Gasteiger partial charge in [0.1, 0.15) is 17.2 Å². The Bertz CT molecular complexity index is 3290. The van der Waals surface area contributed by atoms with E-state index in [-0.39, 0.29) is 16.2 Å². The van der Waals surface area contributed by atoms with Crippen LogP contribution in [0, 0.1) is 83.1 Å². The average Bonchev–Trinajstić information content (AvgIpc) is 3.55. The second kappa shape index (κ2) is 24.4. The quantitative estimate of drug-likeness (QED) is 0.114. The molecule has 402 valence electrons. The van der Waals surface area contributed by atoms with Gasteiger partial charge in [-0.05, 0) is 222 Å². The van der Waals surface area contributed by atoms with Crippen molar-refractivity contribution in [2.45, 2.75) is 120 Å². The summed E-state index contributed by atoms with van der Waals surface area (Å²) < 4.78 is 16.9. The zero-order valence-corrected chi connectivity index (χ0v) is 50.0. The van der Waals surface area contributed by atoms with Crippen molar-refractivity contribution in [1.29, 1.82) is 0 Å². The summed E-state index contributed by atoms with van der Waals surface area (Å²) in [7, 11) is 5.21. The summed E-state index contributed by atoms with van der Waals surface area (Å²) in [6.07, 6.45) is 0. The lowest BCUT2D eigenvalue weighted by Gasteiger charge is -2.34. The molecule has 0 aromatic heterocycles. The maximum atomic E-state index is 5.69. The van der Waals surface area contributed by atoms with Gasteiger partial charge in [0, 0.05) is 16.2 Å². The highest BCUT2D eigenvalue weighted by Crippen LogP contribution is 2.45. The second-order valence-electron chi connectivity index (χ2n) is 22.4. The van der Waals surface area contributed by atoms with Gasteiger partial charge in [-0.15, -0.1) is 0 Å². The summed E-state index contributed by atoms with van der Waals surface area (Å²) >= 11 is 0. The predicted molar refractivity (Wildman–Crippen MR) is 331 cm³/mol. The molecule has 78 heavy (non-hydrogen) atoms. The van der Waals surface area contributed by atoms with Crippen LogP contribution in [0.3, 0.4) is 0 Å². The third-order valence-electron chi connectivity index (χ3n) is 17.2. The standard InChI is InChI=1S/C28H34O.C25H28O2.C22H22/c1-17-10-11-24(16-27(17)29-9)28(8,25-12-18(2)22(6)19(3)13-25)26-14-20(4)23(7)21(5)15-26;1-17-7-11-20(12-8-17)25(4,21-13-9-18(2)23(15-21)26-5)22-14-10-19(3)24(16-22)27-6;1-17-9-13-20(14-10-17)22(3,19-7-5-4-6-8-19)21-15-11-18(2)12-16-21/h10-16H,1-9H3;7-16H,1-6H3;4-16H,1-3H3. The Morgan fingerprint density at radius 1 is 0.231 bits per heavy atom. The Labute approximate surface area is 469 Å². The minimum absolute atomic E-state index is 0.136. The smallest absolute Gasteiger partial charge is 0.122 e. The molecule has 0 fully saturated rings. The molecule has 0 aliphatic carbocycles. The van der Waals surface area contributed by atoms with Gasteiger partial charge in [0.25, 0.3) is 0 Å². The van der Waals surface area contributed by atoms with Gasteiger partial charge in [-0.1, -0.05) is 180 Å². The molecule has 0 saturated carbocycles. The van der Waals surface area contributed by atoms with Crippen molar-refractivity contribution in [2.24, 2.45) is 0 Å². The zero-order valence-electron chi connectivity index (χ0n) is 50.0. The molecule has 9 rings (SSSR count). The highest BCUT2D eigenvalue weighted by Gasteiger charge is 2.35. The molecule has 0 N–H and O–H groups in total. The molecule has 0 aliphatic rings. The van der Waals surface area contributed by atoms with Crippen molar-refractivity contribution < 1.29 is 14.2 Å². The van der Waals surface area contributed by atoms with E-state index < -0.39 is 0 Å². The van der Waals surface area contributed by atoms with Crippen molar-refractivity contribution in [2.75, 3.05) is 21.3 Å². The molecule has 3 heteroatoms. The highest BCUT2D eigenvalue weighted by molar-refractivity contribution is 5.58. The van der Waals surface area contributed by atoms with Crippen LogP contribution in [-0.2, 0) is 16.2 Å². The maximum absolute atomic E-state index is 5.69. The first-order chi connectivity index (χ1) is 37.1. The van der Waals surface area contributed by atoms with Crippen LogP contribution in [0.25, 0.3) is 0 Å². The van der Waals surface area contributed by atoms with Crippen LogP contribution < -0.4 is 14.2 Å². The number of ether oxygens (including phenoxy) is 3. The highest BCUT2D eigenvalue weighted by atomic mass is 16.5. The first-order valence-electron chi connectivity index (χ1n) is 27.5. The minimum atomic E-state index is -0.324. The van der Waals surface area contributed by atoms with Gasteiger partial charge in [-0.2, -0.15) is 0 Å². The lowest BCUT2D eigenvalue weighted by atomic mass is 9.69. The van der Waals surface area contributed by atoms with Crippen LogP contribution in [-0.4, -0.2) is 21.3 Å². The fourth-order valence-electron chi connectivity index (χ4n) is 11.0. The number of methoxy groups -OCH3 is 3. The molecule has 0 spiro atoms. The summed E-state index contributed by atoms with van der Waals surface area (Å²) in [6, 6.07) is 66.4. The molecule has 0 bridgehead atoms. The molecular formula is C75H84O3. The van der Waals surface area contributed by atoms with E-state index in [1.165, 1.54) is 100 Å². The summed E-state index contributed by atoms with van der Waals surface area (Å²) in [4.78, 5) is 0. The van der Waals surface area contributed by atoms with Crippen molar-refractivity contribution in [1.82, 2.24) is 0 Å². The molecule has 0 radical (unpaired) electrons. The monoisotopic (exact) mass is 1030 g/mol. The van der Waals surface area contributed by atoms with Crippen LogP contribution in [0.2, 0.25) is 0 Å². The Morgan fingerprint density at radius 3 is 0.731 bits per heavy atom. The number of rotatable bonds is 12. The van der Waals surface area contributed by atoms with E-state index in [2.05, 4.69) is 286 Å². The number of hydrogen-bond acceptors (Lipinski definition) is 3. The molecule has 0 aliphatic heterocycles. The van der Waals surface area contributed by atoms with E-state index in [4.69, 9.17) is 14.2 Å². The van der Waals surface area contributed by atoms with Crippen LogP contribution in [0.15, 0.2) is 182 Å².